The summed E-state index contributed by atoms with van der Waals surface area (Å²) < 4.78 is 40.1. The molecule has 0 radical (unpaired) electrons. The molecule has 0 aliphatic carbocycles. The average molecular weight is 280 g/mol. The Bertz CT molecular complexity index is 612. The number of rotatable bonds is 4. The van der Waals surface area contributed by atoms with Crippen LogP contribution in [0.25, 0.3) is 0 Å². The van der Waals surface area contributed by atoms with Gasteiger partial charge in [-0.25, -0.2) is 4.98 Å². The highest BCUT2D eigenvalue weighted by Gasteiger charge is 2.33. The summed E-state index contributed by atoms with van der Waals surface area (Å²) in [6, 6.07) is 5.13. The van der Waals surface area contributed by atoms with Crippen LogP contribution in [0.1, 0.15) is 11.1 Å². The summed E-state index contributed by atoms with van der Waals surface area (Å²) in [6.45, 7) is 1.04. The van der Waals surface area contributed by atoms with Gasteiger partial charge in [0.05, 0.1) is 23.5 Å². The topological polar surface area (TPSA) is 53.6 Å². The van der Waals surface area contributed by atoms with Gasteiger partial charge >= 0.3 is 6.18 Å². The van der Waals surface area contributed by atoms with E-state index in [9.17, 15) is 13.2 Å². The summed E-state index contributed by atoms with van der Waals surface area (Å²) in [4.78, 5) is 3.87. The molecule has 4 nitrogen and oxygen atoms in total. The molecule has 0 saturated carbocycles. The summed E-state index contributed by atoms with van der Waals surface area (Å²) in [6.07, 6.45) is 0.486. The van der Waals surface area contributed by atoms with Crippen LogP contribution in [0.15, 0.2) is 36.9 Å². The lowest BCUT2D eigenvalue weighted by Crippen LogP contribution is -2.12. The van der Waals surface area contributed by atoms with Crippen LogP contribution in [0.4, 0.5) is 18.9 Å². The van der Waals surface area contributed by atoms with Crippen molar-refractivity contribution in [2.75, 3.05) is 11.9 Å². The average Bonchev–Trinajstić information content (AvgIpc) is 2.91. The molecule has 0 spiro atoms. The summed E-state index contributed by atoms with van der Waals surface area (Å²) >= 11 is 0. The van der Waals surface area contributed by atoms with Crippen LogP contribution < -0.4 is 5.32 Å². The van der Waals surface area contributed by atoms with Gasteiger partial charge in [-0.2, -0.15) is 18.4 Å². The number of halogens is 3. The Morgan fingerprint density at radius 2 is 2.15 bits per heavy atom. The number of nitrogens with zero attached hydrogens (tertiary/aromatic N) is 3. The van der Waals surface area contributed by atoms with Gasteiger partial charge in [0.1, 0.15) is 0 Å². The molecule has 1 aromatic carbocycles. The molecule has 2 aromatic rings. The van der Waals surface area contributed by atoms with E-state index in [0.717, 1.165) is 6.07 Å². The van der Waals surface area contributed by atoms with Gasteiger partial charge < -0.3 is 9.88 Å². The molecule has 2 rings (SSSR count). The van der Waals surface area contributed by atoms with Crippen molar-refractivity contribution in [3.8, 4) is 6.07 Å². The second kappa shape index (κ2) is 5.65. The van der Waals surface area contributed by atoms with E-state index in [-0.39, 0.29) is 5.56 Å². The molecule has 0 aliphatic heterocycles. The fourth-order valence-electron chi connectivity index (χ4n) is 1.73. The minimum atomic E-state index is -4.53. The van der Waals surface area contributed by atoms with Gasteiger partial charge in [-0.1, -0.05) is 0 Å². The SMILES string of the molecule is N#Cc1ccc(NCCn2ccnc2)cc1C(F)(F)F. The minimum absolute atomic E-state index is 0.330. The zero-order valence-corrected chi connectivity index (χ0v) is 10.4. The van der Waals surface area contributed by atoms with Crippen LogP contribution in [-0.2, 0) is 12.7 Å². The number of hydrogen-bond donors (Lipinski definition) is 1. The molecule has 20 heavy (non-hydrogen) atoms. The molecule has 0 fully saturated rings. The highest BCUT2D eigenvalue weighted by molar-refractivity contribution is 5.53. The Morgan fingerprint density at radius 1 is 1.35 bits per heavy atom. The number of aromatic nitrogens is 2. The first kappa shape index (κ1) is 13.9. The zero-order chi connectivity index (χ0) is 14.6. The Balaban J connectivity index is 2.07. The number of alkyl halides is 3. The molecule has 0 unspecified atom stereocenters. The second-order valence-corrected chi connectivity index (χ2v) is 4.10. The maximum absolute atomic E-state index is 12.8. The van der Waals surface area contributed by atoms with Crippen LogP contribution in [0.2, 0.25) is 0 Å². The van der Waals surface area contributed by atoms with Gasteiger partial charge in [-0.05, 0) is 18.2 Å². The van der Waals surface area contributed by atoms with E-state index in [1.54, 1.807) is 29.4 Å². The smallest absolute Gasteiger partial charge is 0.383 e. The van der Waals surface area contributed by atoms with E-state index < -0.39 is 11.7 Å². The summed E-state index contributed by atoms with van der Waals surface area (Å²) in [5.74, 6) is 0. The largest absolute Gasteiger partial charge is 0.417 e. The van der Waals surface area contributed by atoms with Gasteiger partial charge in [-0.15, -0.1) is 0 Å². The van der Waals surface area contributed by atoms with Crippen LogP contribution in [0.3, 0.4) is 0 Å². The molecule has 104 valence electrons. The Hall–Kier alpha value is -2.49. The highest BCUT2D eigenvalue weighted by atomic mass is 19.4. The molecule has 1 N–H and O–H groups in total. The lowest BCUT2D eigenvalue weighted by atomic mass is 10.1. The number of hydrogen-bond acceptors (Lipinski definition) is 3. The second-order valence-electron chi connectivity index (χ2n) is 4.10. The van der Waals surface area contributed by atoms with Crippen LogP contribution in [-0.4, -0.2) is 16.1 Å². The van der Waals surface area contributed by atoms with E-state index in [1.807, 2.05) is 0 Å². The molecule has 0 bridgehead atoms. The molecular weight excluding hydrogens is 269 g/mol. The van der Waals surface area contributed by atoms with Crippen molar-refractivity contribution in [1.29, 1.82) is 5.26 Å². The maximum Gasteiger partial charge on any atom is 0.417 e. The maximum atomic E-state index is 12.8. The molecule has 1 heterocycles. The number of benzene rings is 1. The van der Waals surface area contributed by atoms with Crippen molar-refractivity contribution < 1.29 is 13.2 Å². The number of imidazole rings is 1. The third-order valence-corrected chi connectivity index (χ3v) is 2.70. The fourth-order valence-corrected chi connectivity index (χ4v) is 1.73. The Morgan fingerprint density at radius 3 is 2.75 bits per heavy atom. The zero-order valence-electron chi connectivity index (χ0n) is 10.4. The van der Waals surface area contributed by atoms with Gasteiger partial charge in [0.2, 0.25) is 0 Å². The van der Waals surface area contributed by atoms with Crippen molar-refractivity contribution in [2.45, 2.75) is 12.7 Å². The van der Waals surface area contributed by atoms with E-state index in [2.05, 4.69) is 10.3 Å². The van der Waals surface area contributed by atoms with E-state index >= 15 is 0 Å². The third kappa shape index (κ3) is 3.29. The minimum Gasteiger partial charge on any atom is -0.383 e. The van der Waals surface area contributed by atoms with Crippen molar-refractivity contribution in [3.63, 3.8) is 0 Å². The van der Waals surface area contributed by atoms with Gasteiger partial charge in [0, 0.05) is 31.2 Å². The number of anilines is 1. The van der Waals surface area contributed by atoms with Crippen molar-refractivity contribution in [3.05, 3.63) is 48.0 Å². The Kier molecular flexibility index (Phi) is 3.94. The Labute approximate surface area is 113 Å². The van der Waals surface area contributed by atoms with E-state index in [1.165, 1.54) is 12.1 Å². The molecule has 0 amide bonds. The quantitative estimate of drug-likeness (QED) is 0.937. The summed E-state index contributed by atoms with van der Waals surface area (Å²) in [5.41, 5.74) is -0.971. The normalized spacial score (nSPS) is 11.1. The van der Waals surface area contributed by atoms with Crippen LogP contribution >= 0.6 is 0 Å². The molecule has 1 aromatic heterocycles. The van der Waals surface area contributed by atoms with Crippen molar-refractivity contribution >= 4 is 5.69 Å². The van der Waals surface area contributed by atoms with Crippen molar-refractivity contribution in [2.24, 2.45) is 0 Å². The molecular formula is C13H11F3N4. The number of nitriles is 1. The lowest BCUT2D eigenvalue weighted by molar-refractivity contribution is -0.137. The first-order chi connectivity index (χ1) is 9.50. The van der Waals surface area contributed by atoms with Crippen LogP contribution in [0, 0.1) is 11.3 Å². The van der Waals surface area contributed by atoms with Gasteiger partial charge in [0.15, 0.2) is 0 Å². The third-order valence-electron chi connectivity index (χ3n) is 2.70. The molecule has 7 heteroatoms. The molecule has 0 saturated heterocycles. The van der Waals surface area contributed by atoms with E-state index in [0.29, 0.717) is 18.8 Å². The predicted octanol–water partition coefficient (Wildman–Crippen LogP) is 2.89. The van der Waals surface area contributed by atoms with Crippen LogP contribution in [0.5, 0.6) is 0 Å². The summed E-state index contributed by atoms with van der Waals surface area (Å²) in [5, 5.41) is 11.6. The molecule has 0 atom stereocenters. The molecule has 0 aliphatic rings. The monoisotopic (exact) mass is 280 g/mol. The number of nitrogens with one attached hydrogen (secondary N) is 1. The summed E-state index contributed by atoms with van der Waals surface area (Å²) in [7, 11) is 0. The predicted molar refractivity (Wildman–Crippen MR) is 66.9 cm³/mol. The van der Waals surface area contributed by atoms with E-state index in [4.69, 9.17) is 5.26 Å². The van der Waals surface area contributed by atoms with Gasteiger partial charge in [0.25, 0.3) is 0 Å². The van der Waals surface area contributed by atoms with Gasteiger partial charge in [-0.3, -0.25) is 0 Å². The first-order valence-corrected chi connectivity index (χ1v) is 5.81. The lowest BCUT2D eigenvalue weighted by Gasteiger charge is -2.12. The fraction of sp³-hybridized carbons (Fsp3) is 0.231. The standard InChI is InChI=1S/C13H11F3N4/c14-13(15,16)12-7-11(2-1-10(12)8-17)19-4-6-20-5-3-18-9-20/h1-3,5,7,9,19H,4,6H2. The van der Waals surface area contributed by atoms with Crippen molar-refractivity contribution in [1.82, 2.24) is 9.55 Å². The highest BCUT2D eigenvalue weighted by Crippen LogP contribution is 2.33. The first-order valence-electron chi connectivity index (χ1n) is 5.81.